The van der Waals surface area contributed by atoms with Crippen molar-refractivity contribution >= 4 is 32.9 Å². The molecular formula is C32H53N2O2Si4Yb. The van der Waals surface area contributed by atoms with E-state index in [4.69, 9.17) is 18.8 Å². The van der Waals surface area contributed by atoms with Gasteiger partial charge in [-0.25, -0.2) is 0 Å². The molecule has 0 unspecified atom stereocenters. The summed E-state index contributed by atoms with van der Waals surface area (Å²) in [6, 6.07) is 25.5. The van der Waals surface area contributed by atoms with Crippen LogP contribution in [0.5, 0.6) is 11.5 Å². The minimum Gasteiger partial charge on any atom is -0.668 e. The summed E-state index contributed by atoms with van der Waals surface area (Å²) in [6.45, 7) is 27.6. The Kier molecular flexibility index (Phi) is 17.6. The van der Waals surface area contributed by atoms with Crippen molar-refractivity contribution in [2.45, 2.75) is 78.6 Å². The van der Waals surface area contributed by atoms with Crippen LogP contribution in [0.3, 0.4) is 0 Å². The van der Waals surface area contributed by atoms with Gasteiger partial charge >= 0.3 is 46.9 Å². The van der Waals surface area contributed by atoms with Crippen molar-refractivity contribution < 1.29 is 56.4 Å². The molecule has 1 radical (unpaired) electrons. The number of benzene rings is 3. The molecule has 3 aromatic carbocycles. The van der Waals surface area contributed by atoms with Gasteiger partial charge in [0.25, 0.3) is 0 Å². The summed E-state index contributed by atoms with van der Waals surface area (Å²) >= 11 is 0. The third-order valence-corrected chi connectivity index (χ3v) is 15.7. The van der Waals surface area contributed by atoms with Crippen LogP contribution in [0.25, 0.3) is 31.5 Å². The zero-order valence-electron chi connectivity index (χ0n) is 27.8. The minimum absolute atomic E-state index is 0. The van der Waals surface area contributed by atoms with Crippen LogP contribution in [0.2, 0.25) is 78.6 Å². The second-order valence-corrected chi connectivity index (χ2v) is 32.9. The maximum absolute atomic E-state index is 5.45. The molecule has 3 rings (SSSR count). The molecule has 0 saturated heterocycles. The van der Waals surface area contributed by atoms with E-state index in [1.807, 2.05) is 66.7 Å². The number of methoxy groups -OCH3 is 2. The van der Waals surface area contributed by atoms with Crippen LogP contribution in [-0.4, -0.2) is 47.2 Å². The van der Waals surface area contributed by atoms with Gasteiger partial charge in [0, 0.05) is 0 Å². The van der Waals surface area contributed by atoms with E-state index in [1.165, 1.54) is 0 Å². The maximum Gasteiger partial charge on any atom is 3.00 e. The molecule has 0 saturated carbocycles. The monoisotopic (exact) mass is 783 g/mol. The van der Waals surface area contributed by atoms with E-state index >= 15 is 0 Å². The average molecular weight is 783 g/mol. The van der Waals surface area contributed by atoms with Crippen molar-refractivity contribution in [1.82, 2.24) is 0 Å². The third-order valence-electron chi connectivity index (χ3n) is 4.93. The Morgan fingerprint density at radius 3 is 1.00 bits per heavy atom. The summed E-state index contributed by atoms with van der Waals surface area (Å²) < 4.78 is 20.5. The van der Waals surface area contributed by atoms with Crippen LogP contribution < -0.4 is 9.47 Å². The van der Waals surface area contributed by atoms with Crippen molar-refractivity contribution in [2.75, 3.05) is 14.2 Å². The van der Waals surface area contributed by atoms with Crippen molar-refractivity contribution in [1.29, 1.82) is 0 Å². The largest absolute Gasteiger partial charge is 3.00 e. The van der Waals surface area contributed by atoms with Gasteiger partial charge in [0.05, 0.1) is 25.7 Å². The van der Waals surface area contributed by atoms with E-state index in [1.54, 1.807) is 14.2 Å². The number of para-hydroxylation sites is 2. The number of rotatable bonds is 8. The first-order valence-corrected chi connectivity index (χ1v) is 27.8. The number of hydrogen-bond donors (Lipinski definition) is 0. The van der Waals surface area contributed by atoms with Gasteiger partial charge in [-0.2, -0.15) is 0 Å². The summed E-state index contributed by atoms with van der Waals surface area (Å²) in [6.07, 6.45) is 0. The van der Waals surface area contributed by atoms with Crippen LogP contribution in [0.15, 0.2) is 66.7 Å². The Bertz CT molecular complexity index is 1070. The molecule has 233 valence electrons. The van der Waals surface area contributed by atoms with E-state index in [2.05, 4.69) is 84.6 Å². The molecule has 0 aliphatic rings. The summed E-state index contributed by atoms with van der Waals surface area (Å²) in [5.74, 6) is 1.69. The first-order valence-electron chi connectivity index (χ1n) is 14.0. The molecule has 0 atom stereocenters. The molecule has 4 nitrogen and oxygen atoms in total. The molecule has 9 heteroatoms. The summed E-state index contributed by atoms with van der Waals surface area (Å²) in [7, 11) is -1.06. The maximum atomic E-state index is 5.45. The van der Waals surface area contributed by atoms with E-state index in [0.717, 1.165) is 33.8 Å². The van der Waals surface area contributed by atoms with Crippen LogP contribution in [0.4, 0.5) is 0 Å². The Morgan fingerprint density at radius 2 is 0.756 bits per heavy atom. The van der Waals surface area contributed by atoms with Crippen molar-refractivity contribution in [3.05, 3.63) is 82.1 Å². The molecular weight excluding hydrogens is 730 g/mol. The fourth-order valence-electron chi connectivity index (χ4n) is 4.53. The Labute approximate surface area is 295 Å². The molecule has 0 heterocycles. The Balaban J connectivity index is 0.000000705. The quantitative estimate of drug-likeness (QED) is 0.169. The van der Waals surface area contributed by atoms with Gasteiger partial charge in [0.15, 0.2) is 0 Å². The van der Waals surface area contributed by atoms with Gasteiger partial charge in [-0.05, 0) is 23.3 Å². The zero-order chi connectivity index (χ0) is 30.8. The van der Waals surface area contributed by atoms with Crippen molar-refractivity contribution in [3.63, 3.8) is 0 Å². The second-order valence-electron chi connectivity index (χ2n) is 13.8. The van der Waals surface area contributed by atoms with Crippen LogP contribution in [0.1, 0.15) is 0 Å². The fourth-order valence-corrected chi connectivity index (χ4v) is 20.6. The number of hydrogen-bond acceptors (Lipinski definition) is 2. The fraction of sp³-hybridized carbons (Fsp3) is 0.438. The number of ether oxygens (including phenoxy) is 2. The Hall–Kier alpha value is -0.433. The second kappa shape index (κ2) is 17.8. The number of nitrogens with zero attached hydrogens (tertiary/aromatic N) is 2. The summed E-state index contributed by atoms with van der Waals surface area (Å²) in [4.78, 5) is 0. The topological polar surface area (TPSA) is 46.7 Å². The predicted molar refractivity (Wildman–Crippen MR) is 189 cm³/mol. The molecule has 0 aliphatic heterocycles. The van der Waals surface area contributed by atoms with Gasteiger partial charge in [0.1, 0.15) is 0 Å². The molecule has 3 aromatic rings. The van der Waals surface area contributed by atoms with Crippen LogP contribution in [-0.2, 0) is 0 Å². The van der Waals surface area contributed by atoms with Gasteiger partial charge in [0.2, 0.25) is 0 Å². The molecule has 41 heavy (non-hydrogen) atoms. The average Bonchev–Trinajstić information content (AvgIpc) is 2.80. The first kappa shape index (κ1) is 40.6. The van der Waals surface area contributed by atoms with Crippen molar-refractivity contribution in [2.24, 2.45) is 0 Å². The molecule has 0 N–H and O–H groups in total. The van der Waals surface area contributed by atoms with E-state index in [-0.39, 0.29) is 46.9 Å². The molecule has 0 fully saturated rings. The Morgan fingerprint density at radius 1 is 0.463 bits per heavy atom. The minimum atomic E-state index is -1.11. The smallest absolute Gasteiger partial charge is 0.668 e. The first-order chi connectivity index (χ1) is 18.2. The van der Waals surface area contributed by atoms with E-state index in [0.29, 0.717) is 0 Å². The van der Waals surface area contributed by atoms with Gasteiger partial charge in [-0.3, -0.25) is 0 Å². The van der Waals surface area contributed by atoms with Crippen molar-refractivity contribution in [3.8, 4) is 33.8 Å². The van der Waals surface area contributed by atoms with Crippen LogP contribution in [0, 0.1) is 53.0 Å². The molecule has 0 aliphatic carbocycles. The SMILES string of the molecule is COc1ccccc1-c1[c-]c(-c2ccccc2OC)ccc1.C[Si](C)(C)[N-][Si](C)(C)C.C[Si](C)(C)[N-][Si](C)(C)C.[Yb+3]. The normalized spacial score (nSPS) is 11.7. The molecule has 0 spiro atoms. The van der Waals surface area contributed by atoms with Gasteiger partial charge in [-0.1, -0.05) is 148 Å². The predicted octanol–water partition coefficient (Wildman–Crippen LogP) is 10.9. The zero-order valence-corrected chi connectivity index (χ0v) is 33.5. The van der Waals surface area contributed by atoms with E-state index < -0.39 is 32.9 Å². The molecule has 0 bridgehead atoms. The standard InChI is InChI=1S/C20H17O2.2C6H18NSi2.Yb/c1-21-19-12-5-3-10-17(19)15-8-7-9-16(14-15)18-11-4-6-13-20(18)22-2;2*1-8(2,3)7-9(4,5)6;/h3-13H,1-2H3;2*1-6H3;/q3*-1;+3. The summed E-state index contributed by atoms with van der Waals surface area (Å²) in [5, 5.41) is 0. The van der Waals surface area contributed by atoms with Gasteiger partial charge in [-0.15, -0.1) is 35.4 Å². The summed E-state index contributed by atoms with van der Waals surface area (Å²) in [5.41, 5.74) is 4.06. The van der Waals surface area contributed by atoms with E-state index in [9.17, 15) is 0 Å². The third kappa shape index (κ3) is 18.1. The van der Waals surface area contributed by atoms with Crippen LogP contribution >= 0.6 is 0 Å². The molecule has 0 aromatic heterocycles. The van der Waals surface area contributed by atoms with Gasteiger partial charge < -0.3 is 18.8 Å². The molecule has 0 amide bonds.